The van der Waals surface area contributed by atoms with Crippen molar-refractivity contribution in [2.75, 3.05) is 0 Å². The number of hydrogen-bond donors (Lipinski definition) is 2. The summed E-state index contributed by atoms with van der Waals surface area (Å²) in [6.07, 6.45) is 0. The molecule has 14 heteroatoms. The van der Waals surface area contributed by atoms with E-state index in [1.807, 2.05) is 97.1 Å². The standard InChI is InChI=1S/C32H16N8.ClH.Cu.H2S4/c1-2-10-18-17(9-1)25-33-26(18)38-28-21-13-5-6-14-22(21)30(35-28)40-32-24-16-8-7-15-23(24)31(36-32)39-29-20-12-4-3-11-19(20)27(34-29)37-25;;;1-3-4-2/h1-16H;1H;;1-2H/q-2;;+2;. The molecule has 8 nitrogen and oxygen atoms in total. The van der Waals surface area contributed by atoms with Gasteiger partial charge in [0.15, 0.2) is 0 Å². The number of aromatic nitrogens is 8. The molecule has 2 aliphatic rings. The molecule has 8 bridgehead atoms. The Balaban J connectivity index is 0.000000588. The zero-order valence-corrected chi connectivity index (χ0v) is 28.4. The molecule has 0 spiro atoms. The second kappa shape index (κ2) is 13.7. The number of fused-ring (bicyclic) bond motifs is 20. The molecule has 0 N–H and O–H groups in total. The second-order valence-electron chi connectivity index (χ2n) is 9.81. The minimum absolute atomic E-state index is 0. The molecular weight excluding hydrogens is 724 g/mol. The molecule has 0 unspecified atom stereocenters. The molecule has 0 atom stereocenters. The van der Waals surface area contributed by atoms with E-state index in [1.54, 1.807) is 0 Å². The van der Waals surface area contributed by atoms with Crippen LogP contribution in [0.25, 0.3) is 89.7 Å². The minimum atomic E-state index is 0. The normalized spacial score (nSPS) is 11.1. The third-order valence-electron chi connectivity index (χ3n) is 7.36. The molecule has 0 amide bonds. The Bertz CT molecular complexity index is 2090. The molecule has 1 radical (unpaired) electrons. The average molecular weight is 743 g/mol. The number of rotatable bonds is 1. The fourth-order valence-electron chi connectivity index (χ4n) is 5.46. The first-order chi connectivity index (χ1) is 21.7. The summed E-state index contributed by atoms with van der Waals surface area (Å²) in [4.78, 5) is 39.3. The van der Waals surface area contributed by atoms with E-state index < -0.39 is 0 Å². The van der Waals surface area contributed by atoms with Crippen LogP contribution in [0, 0.1) is 0 Å². The van der Waals surface area contributed by atoms with Crippen molar-refractivity contribution in [2.24, 2.45) is 0 Å². The van der Waals surface area contributed by atoms with Gasteiger partial charge in [-0.3, -0.25) is 0 Å². The van der Waals surface area contributed by atoms with Gasteiger partial charge in [-0.1, -0.05) is 120 Å². The van der Waals surface area contributed by atoms with Crippen molar-refractivity contribution in [3.8, 4) is 45.6 Å². The third-order valence-corrected chi connectivity index (χ3v) is 10.0. The molecule has 0 saturated heterocycles. The fourth-order valence-corrected chi connectivity index (χ4v) is 5.46. The van der Waals surface area contributed by atoms with E-state index in [-0.39, 0.29) is 29.5 Å². The second-order valence-corrected chi connectivity index (χ2v) is 13.7. The van der Waals surface area contributed by atoms with Crippen LogP contribution in [0.4, 0.5) is 0 Å². The van der Waals surface area contributed by atoms with Crippen LogP contribution in [0.3, 0.4) is 0 Å². The van der Waals surface area contributed by atoms with Gasteiger partial charge >= 0.3 is 17.1 Å². The van der Waals surface area contributed by atoms with Crippen LogP contribution in [0.5, 0.6) is 0 Å². The SMILES string of the molecule is Cl.SSSS.[Cu+2].c1ccc2c(c1)-c1nc-2nc2[n-]c(nc3nc(nc4[n-]c(n1)c1ccccc41)-c1ccccc1-3)c1ccccc21. The van der Waals surface area contributed by atoms with E-state index in [9.17, 15) is 0 Å². The Hall–Kier alpha value is -3.55. The molecule has 9 rings (SSSR count). The van der Waals surface area contributed by atoms with Gasteiger partial charge in [-0.05, 0) is 41.2 Å². The summed E-state index contributed by atoms with van der Waals surface area (Å²) >= 11 is 7.45. The van der Waals surface area contributed by atoms with Gasteiger partial charge in [0.25, 0.3) is 0 Å². The molecule has 46 heavy (non-hydrogen) atoms. The van der Waals surface area contributed by atoms with Crippen molar-refractivity contribution >= 4 is 99.5 Å². The molecular formula is C32H19ClCuN8S4. The number of benzene rings is 4. The first-order valence-corrected chi connectivity index (χ1v) is 17.7. The van der Waals surface area contributed by atoms with Crippen molar-refractivity contribution in [3.05, 3.63) is 97.1 Å². The largest absolute Gasteiger partial charge is 2.00 e. The molecule has 7 aromatic rings. The van der Waals surface area contributed by atoms with Crippen LogP contribution in [0.1, 0.15) is 0 Å². The fraction of sp³-hybridized carbons (Fsp3) is 0. The number of thiol groups is 2. The molecule has 3 aromatic heterocycles. The zero-order chi connectivity index (χ0) is 29.6. The van der Waals surface area contributed by atoms with Crippen molar-refractivity contribution in [2.45, 2.75) is 0 Å². The maximum absolute atomic E-state index is 4.95. The van der Waals surface area contributed by atoms with Gasteiger partial charge in [0.1, 0.15) is 0 Å². The molecule has 229 valence electrons. The van der Waals surface area contributed by atoms with Crippen LogP contribution >= 0.6 is 55.4 Å². The summed E-state index contributed by atoms with van der Waals surface area (Å²) in [7, 11) is 2.66. The van der Waals surface area contributed by atoms with Gasteiger partial charge in [-0.25, -0.2) is 9.97 Å². The van der Waals surface area contributed by atoms with Gasteiger partial charge in [0.2, 0.25) is 0 Å². The first kappa shape index (κ1) is 32.4. The quantitative estimate of drug-likeness (QED) is 0.0965. The van der Waals surface area contributed by atoms with E-state index >= 15 is 0 Å². The third kappa shape index (κ3) is 5.66. The van der Waals surface area contributed by atoms with Gasteiger partial charge in [-0.15, -0.1) is 12.4 Å². The van der Waals surface area contributed by atoms with Crippen molar-refractivity contribution in [1.29, 1.82) is 0 Å². The maximum atomic E-state index is 4.95. The molecule has 0 saturated carbocycles. The Kier molecular flexibility index (Phi) is 9.62. The topological polar surface area (TPSA) is 106 Å². The van der Waals surface area contributed by atoms with Gasteiger partial charge in [0, 0.05) is 44.8 Å². The summed E-state index contributed by atoms with van der Waals surface area (Å²) < 4.78 is 0. The van der Waals surface area contributed by atoms with E-state index in [0.29, 0.717) is 45.9 Å². The van der Waals surface area contributed by atoms with Gasteiger partial charge in [-0.2, -0.15) is 0 Å². The van der Waals surface area contributed by atoms with Crippen LogP contribution in [0.2, 0.25) is 0 Å². The number of hydrogen-bond acceptors (Lipinski definition) is 10. The van der Waals surface area contributed by atoms with Crippen molar-refractivity contribution in [3.63, 3.8) is 0 Å². The summed E-state index contributed by atoms with van der Waals surface area (Å²) in [5.74, 6) is 2.21. The number of nitrogens with zero attached hydrogens (tertiary/aromatic N) is 8. The van der Waals surface area contributed by atoms with Gasteiger partial charge < -0.3 is 29.9 Å². The van der Waals surface area contributed by atoms with Gasteiger partial charge in [0.05, 0.1) is 23.3 Å². The predicted molar refractivity (Wildman–Crippen MR) is 194 cm³/mol. The first-order valence-electron chi connectivity index (χ1n) is 13.4. The maximum Gasteiger partial charge on any atom is 2.00 e. The summed E-state index contributed by atoms with van der Waals surface area (Å²) in [6.45, 7) is 0. The Morgan fingerprint density at radius 3 is 0.870 bits per heavy atom. The number of halogens is 1. The Morgan fingerprint density at radius 2 is 0.630 bits per heavy atom. The molecule has 0 aliphatic carbocycles. The molecule has 4 aromatic carbocycles. The van der Waals surface area contributed by atoms with Crippen molar-refractivity contribution in [1.82, 2.24) is 39.9 Å². The van der Waals surface area contributed by atoms with Crippen molar-refractivity contribution < 1.29 is 17.1 Å². The zero-order valence-electron chi connectivity index (χ0n) is 23.2. The van der Waals surface area contributed by atoms with E-state index in [2.05, 4.69) is 23.3 Å². The molecule has 5 heterocycles. The smallest absolute Gasteiger partial charge is 0.357 e. The summed E-state index contributed by atoms with van der Waals surface area (Å²) in [5.41, 5.74) is 5.78. The monoisotopic (exact) mass is 741 g/mol. The van der Waals surface area contributed by atoms with Crippen LogP contribution in [-0.2, 0) is 17.1 Å². The average Bonchev–Trinajstić information content (AvgIpc) is 3.81. The summed E-state index contributed by atoms with van der Waals surface area (Å²) in [5, 5.41) is 3.57. The Labute approximate surface area is 297 Å². The van der Waals surface area contributed by atoms with E-state index in [0.717, 1.165) is 43.8 Å². The summed E-state index contributed by atoms with van der Waals surface area (Å²) in [6, 6.07) is 31.8. The van der Waals surface area contributed by atoms with Crippen LogP contribution in [-0.4, -0.2) is 29.9 Å². The van der Waals surface area contributed by atoms with Crippen LogP contribution in [0.15, 0.2) is 97.1 Å². The Morgan fingerprint density at radius 1 is 0.391 bits per heavy atom. The van der Waals surface area contributed by atoms with Crippen LogP contribution < -0.4 is 9.97 Å². The minimum Gasteiger partial charge on any atom is -0.357 e. The predicted octanol–water partition coefficient (Wildman–Crippen LogP) is 8.60. The molecule has 2 aliphatic heterocycles. The van der Waals surface area contributed by atoms with E-state index in [4.69, 9.17) is 39.9 Å². The van der Waals surface area contributed by atoms with E-state index in [1.165, 1.54) is 19.7 Å². The molecule has 0 fully saturated rings.